The van der Waals surface area contributed by atoms with Gasteiger partial charge in [0.05, 0.1) is 44.6 Å². The molecular formula is C28H28N6O9. The van der Waals surface area contributed by atoms with Gasteiger partial charge in [-0.25, -0.2) is 9.78 Å². The van der Waals surface area contributed by atoms with Crippen molar-refractivity contribution in [3.63, 3.8) is 0 Å². The molecule has 1 N–H and O–H groups in total. The Balaban J connectivity index is 1.54. The molecule has 0 bridgehead atoms. The number of pyridine rings is 2. The van der Waals surface area contributed by atoms with E-state index >= 15 is 0 Å². The van der Waals surface area contributed by atoms with E-state index in [4.69, 9.17) is 9.57 Å². The van der Waals surface area contributed by atoms with Crippen molar-refractivity contribution in [1.82, 2.24) is 14.5 Å². The molecule has 1 fully saturated rings. The van der Waals surface area contributed by atoms with E-state index in [0.29, 0.717) is 6.54 Å². The van der Waals surface area contributed by atoms with Gasteiger partial charge < -0.3 is 14.7 Å². The number of hydrogen-bond donors (Lipinski definition) is 1. The minimum absolute atomic E-state index is 0.0201. The molecule has 3 aliphatic rings. The van der Waals surface area contributed by atoms with Gasteiger partial charge in [-0.3, -0.25) is 34.5 Å². The van der Waals surface area contributed by atoms with Crippen LogP contribution < -0.4 is 5.56 Å². The van der Waals surface area contributed by atoms with Gasteiger partial charge >= 0.3 is 11.7 Å². The molecule has 0 aliphatic carbocycles. The summed E-state index contributed by atoms with van der Waals surface area (Å²) in [6.07, 6.45) is 4.46. The van der Waals surface area contributed by atoms with Gasteiger partial charge in [-0.2, -0.15) is 0 Å². The van der Waals surface area contributed by atoms with Crippen LogP contribution in [0.4, 0.5) is 11.4 Å². The molecule has 224 valence electrons. The van der Waals surface area contributed by atoms with Gasteiger partial charge in [-0.1, -0.05) is 24.6 Å². The van der Waals surface area contributed by atoms with Crippen molar-refractivity contribution in [3.8, 4) is 11.4 Å². The number of carbonyl (C=O) groups is 1. The maximum Gasteiger partial charge on any atom is 0.343 e. The standard InChI is InChI=1S/C28H28N6O9/c1-2-28(37)22-18(15-42-27(28)36)26(35)32-14-17-16(13-29-43-12-11-31-9-4-3-5-10-31)21-19(7-6-8-20(21)33(38)39)30-23(17)25(32)24(22)34(40)41/h6-8,13,37H,2-5,9-12,14-15H2,1H3/b29-13+/t28-/m0/s1. The van der Waals surface area contributed by atoms with E-state index < -0.39 is 44.8 Å². The molecule has 5 heterocycles. The number of likely N-dealkylation sites (tertiary alicyclic amines) is 1. The topological polar surface area (TPSA) is 193 Å². The zero-order valence-corrected chi connectivity index (χ0v) is 23.3. The molecule has 2 aromatic heterocycles. The Labute approximate surface area is 243 Å². The van der Waals surface area contributed by atoms with Gasteiger partial charge in [-0.15, -0.1) is 0 Å². The number of carbonyl (C=O) groups excluding carboxylic acids is 1. The van der Waals surface area contributed by atoms with Gasteiger partial charge in [0.15, 0.2) is 5.60 Å². The number of piperidine rings is 1. The summed E-state index contributed by atoms with van der Waals surface area (Å²) < 4.78 is 6.18. The largest absolute Gasteiger partial charge is 0.458 e. The highest BCUT2D eigenvalue weighted by molar-refractivity contribution is 6.07. The molecule has 0 saturated carbocycles. The molecule has 3 aliphatic heterocycles. The van der Waals surface area contributed by atoms with Crippen LogP contribution >= 0.6 is 0 Å². The summed E-state index contributed by atoms with van der Waals surface area (Å²) in [5, 5.41) is 40.1. The van der Waals surface area contributed by atoms with E-state index in [1.165, 1.54) is 37.8 Å². The van der Waals surface area contributed by atoms with E-state index in [9.17, 15) is 34.9 Å². The highest BCUT2D eigenvalue weighted by Gasteiger charge is 2.52. The van der Waals surface area contributed by atoms with Gasteiger partial charge in [-0.05, 0) is 38.4 Å². The molecule has 0 unspecified atom stereocenters. The first-order valence-corrected chi connectivity index (χ1v) is 14.0. The van der Waals surface area contributed by atoms with Crippen LogP contribution in [0.5, 0.6) is 0 Å². The van der Waals surface area contributed by atoms with Crippen molar-refractivity contribution >= 4 is 34.5 Å². The summed E-state index contributed by atoms with van der Waals surface area (Å²) in [7, 11) is 0. The number of non-ortho nitro benzene ring substituents is 1. The molecule has 15 nitrogen and oxygen atoms in total. The fourth-order valence-electron chi connectivity index (χ4n) is 6.26. The Hall–Kier alpha value is -4.76. The van der Waals surface area contributed by atoms with Crippen molar-refractivity contribution in [2.75, 3.05) is 26.2 Å². The fourth-order valence-corrected chi connectivity index (χ4v) is 6.26. The quantitative estimate of drug-likeness (QED) is 0.104. The van der Waals surface area contributed by atoms with E-state index in [1.807, 2.05) is 0 Å². The lowest BCUT2D eigenvalue weighted by Crippen LogP contribution is -2.45. The van der Waals surface area contributed by atoms with Gasteiger partial charge in [0, 0.05) is 23.7 Å². The Bertz CT molecular complexity index is 1780. The third-order valence-electron chi connectivity index (χ3n) is 8.40. The summed E-state index contributed by atoms with van der Waals surface area (Å²) in [5.74, 6) is -1.09. The average Bonchev–Trinajstić information content (AvgIpc) is 3.38. The second-order valence-electron chi connectivity index (χ2n) is 10.7. The van der Waals surface area contributed by atoms with Crippen LogP contribution in [0.1, 0.15) is 54.9 Å². The highest BCUT2D eigenvalue weighted by Crippen LogP contribution is 2.47. The number of nitro benzene ring substituents is 1. The van der Waals surface area contributed by atoms with Crippen molar-refractivity contribution in [2.45, 2.75) is 51.4 Å². The Kier molecular flexibility index (Phi) is 7.14. The first kappa shape index (κ1) is 28.4. The first-order chi connectivity index (χ1) is 20.7. The van der Waals surface area contributed by atoms with E-state index in [-0.39, 0.29) is 64.2 Å². The second-order valence-corrected chi connectivity index (χ2v) is 10.7. The van der Waals surface area contributed by atoms with Crippen LogP contribution in [0.3, 0.4) is 0 Å². The summed E-state index contributed by atoms with van der Waals surface area (Å²) in [6.45, 7) is 3.57. The van der Waals surface area contributed by atoms with Crippen LogP contribution in [0.2, 0.25) is 0 Å². The predicted octanol–water partition coefficient (Wildman–Crippen LogP) is 2.73. The smallest absolute Gasteiger partial charge is 0.343 e. The molecule has 15 heteroatoms. The summed E-state index contributed by atoms with van der Waals surface area (Å²) in [6, 6.07) is 4.26. The number of rotatable bonds is 8. The number of benzene rings is 1. The average molecular weight is 593 g/mol. The van der Waals surface area contributed by atoms with Crippen LogP contribution in [-0.4, -0.2) is 67.8 Å². The molecule has 1 saturated heterocycles. The Morgan fingerprint density at radius 3 is 2.63 bits per heavy atom. The SMILES string of the molecule is CC[C@@]1(O)C(=O)OCc2c1c([N+](=O)[O-])c1n(c2=O)Cc2c-1nc1cccc([N+](=O)[O-])c1c2/C=N/OCCN1CCCCC1. The van der Waals surface area contributed by atoms with Crippen molar-refractivity contribution in [3.05, 3.63) is 71.0 Å². The number of esters is 1. The summed E-state index contributed by atoms with van der Waals surface area (Å²) in [4.78, 5) is 62.0. The summed E-state index contributed by atoms with van der Waals surface area (Å²) in [5.41, 5.74) is -4.21. The third kappa shape index (κ3) is 4.51. The molecule has 1 atom stereocenters. The minimum Gasteiger partial charge on any atom is -0.458 e. The molecule has 0 radical (unpaired) electrons. The number of cyclic esters (lactones) is 1. The Morgan fingerprint density at radius 2 is 1.93 bits per heavy atom. The van der Waals surface area contributed by atoms with Crippen molar-refractivity contribution in [1.29, 1.82) is 0 Å². The molecular weight excluding hydrogens is 564 g/mol. The van der Waals surface area contributed by atoms with Crippen LogP contribution in [0.15, 0.2) is 28.1 Å². The predicted molar refractivity (Wildman–Crippen MR) is 152 cm³/mol. The zero-order valence-electron chi connectivity index (χ0n) is 23.3. The number of aliphatic hydroxyl groups is 1. The lowest BCUT2D eigenvalue weighted by molar-refractivity contribution is -0.386. The molecule has 0 amide bonds. The summed E-state index contributed by atoms with van der Waals surface area (Å²) >= 11 is 0. The third-order valence-corrected chi connectivity index (χ3v) is 8.40. The van der Waals surface area contributed by atoms with Crippen LogP contribution in [0, 0.1) is 20.2 Å². The van der Waals surface area contributed by atoms with E-state index in [1.54, 1.807) is 0 Å². The number of hydrogen-bond acceptors (Lipinski definition) is 12. The van der Waals surface area contributed by atoms with Crippen molar-refractivity contribution in [2.24, 2.45) is 5.16 Å². The second kappa shape index (κ2) is 10.8. The first-order valence-electron chi connectivity index (χ1n) is 14.0. The number of nitrogens with zero attached hydrogens (tertiary/aromatic N) is 6. The zero-order chi connectivity index (χ0) is 30.5. The number of fused-ring (bicyclic) bond motifs is 5. The molecule has 43 heavy (non-hydrogen) atoms. The molecule has 1 aromatic carbocycles. The highest BCUT2D eigenvalue weighted by atomic mass is 16.6. The number of nitro groups is 2. The maximum absolute atomic E-state index is 13.7. The fraction of sp³-hybridized carbons (Fsp3) is 0.429. The Morgan fingerprint density at radius 1 is 1.16 bits per heavy atom. The van der Waals surface area contributed by atoms with Gasteiger partial charge in [0.2, 0.25) is 0 Å². The monoisotopic (exact) mass is 592 g/mol. The van der Waals surface area contributed by atoms with Gasteiger partial charge in [0.1, 0.15) is 24.6 Å². The number of aromatic nitrogens is 2. The molecule has 3 aromatic rings. The number of oxime groups is 1. The lowest BCUT2D eigenvalue weighted by Gasteiger charge is -2.31. The normalized spacial score (nSPS) is 19.6. The molecule has 0 spiro atoms. The van der Waals surface area contributed by atoms with E-state index in [0.717, 1.165) is 30.5 Å². The van der Waals surface area contributed by atoms with Crippen LogP contribution in [0.25, 0.3) is 22.3 Å². The minimum atomic E-state index is -2.42. The molecule has 6 rings (SSSR count). The lowest BCUT2D eigenvalue weighted by atomic mass is 9.84. The van der Waals surface area contributed by atoms with E-state index in [2.05, 4.69) is 15.0 Å². The maximum atomic E-state index is 13.7. The van der Waals surface area contributed by atoms with Gasteiger partial charge in [0.25, 0.3) is 11.2 Å². The van der Waals surface area contributed by atoms with Crippen molar-refractivity contribution < 1.29 is 29.3 Å². The van der Waals surface area contributed by atoms with Crippen LogP contribution in [-0.2, 0) is 33.1 Å². The number of ether oxygens (including phenoxy) is 1.